The number of nitrogens with one attached hydrogen (secondary N) is 1. The number of aryl methyl sites for hydroxylation is 1. The highest BCUT2D eigenvalue weighted by Gasteiger charge is 2.12. The van der Waals surface area contributed by atoms with E-state index in [9.17, 15) is 0 Å². The van der Waals surface area contributed by atoms with E-state index in [0.717, 1.165) is 29.4 Å². The van der Waals surface area contributed by atoms with Gasteiger partial charge in [-0.25, -0.2) is 4.98 Å². The molecule has 112 valence electrons. The lowest BCUT2D eigenvalue weighted by molar-refractivity contribution is 0.776. The molecule has 2 aromatic heterocycles. The Balaban J connectivity index is 2.15. The lowest BCUT2D eigenvalue weighted by Crippen LogP contribution is -2.22. The number of rotatable bonds is 5. The average Bonchev–Trinajstić information content (AvgIpc) is 2.44. The summed E-state index contributed by atoms with van der Waals surface area (Å²) < 4.78 is 0. The summed E-state index contributed by atoms with van der Waals surface area (Å²) in [6, 6.07) is 4.33. The van der Waals surface area contributed by atoms with E-state index >= 15 is 0 Å². The fourth-order valence-electron chi connectivity index (χ4n) is 2.11. The summed E-state index contributed by atoms with van der Waals surface area (Å²) in [6.45, 7) is 6.22. The van der Waals surface area contributed by atoms with Crippen LogP contribution in [-0.4, -0.2) is 35.1 Å². The third kappa shape index (κ3) is 3.90. The second-order valence-electron chi connectivity index (χ2n) is 5.59. The quantitative estimate of drug-likeness (QED) is 0.915. The molecule has 1 N–H and O–H groups in total. The van der Waals surface area contributed by atoms with Crippen molar-refractivity contribution in [3.8, 4) is 0 Å². The first kappa shape index (κ1) is 15.2. The summed E-state index contributed by atoms with van der Waals surface area (Å²) in [4.78, 5) is 15.2. The lowest BCUT2D eigenvalue weighted by Gasteiger charge is -2.19. The molecule has 5 heteroatoms. The molecule has 0 saturated carbocycles. The molecule has 0 aliphatic carbocycles. The van der Waals surface area contributed by atoms with Crippen molar-refractivity contribution in [1.82, 2.24) is 15.0 Å². The number of anilines is 2. The van der Waals surface area contributed by atoms with Gasteiger partial charge in [0.1, 0.15) is 5.82 Å². The zero-order valence-electron chi connectivity index (χ0n) is 13.4. The second-order valence-corrected chi connectivity index (χ2v) is 5.59. The minimum absolute atomic E-state index is 0.275. The molecule has 2 aromatic rings. The molecule has 0 fully saturated rings. The summed E-state index contributed by atoms with van der Waals surface area (Å²) >= 11 is 0. The summed E-state index contributed by atoms with van der Waals surface area (Å²) in [5, 5.41) is 3.49. The van der Waals surface area contributed by atoms with E-state index in [4.69, 9.17) is 0 Å². The van der Waals surface area contributed by atoms with E-state index in [1.165, 1.54) is 5.56 Å². The summed E-state index contributed by atoms with van der Waals surface area (Å²) in [7, 11) is 3.90. The molecular formula is C16H23N5. The molecule has 0 bridgehead atoms. The van der Waals surface area contributed by atoms with Gasteiger partial charge >= 0.3 is 0 Å². The predicted molar refractivity (Wildman–Crippen MR) is 86.9 cm³/mol. The van der Waals surface area contributed by atoms with Gasteiger partial charge in [0.25, 0.3) is 0 Å². The topological polar surface area (TPSA) is 53.9 Å². The van der Waals surface area contributed by atoms with Crippen LogP contribution in [0.5, 0.6) is 0 Å². The molecule has 0 amide bonds. The molecule has 0 aromatic carbocycles. The summed E-state index contributed by atoms with van der Waals surface area (Å²) in [5.41, 5.74) is 3.32. The summed E-state index contributed by atoms with van der Waals surface area (Å²) in [5.74, 6) is 1.64. The van der Waals surface area contributed by atoms with Crippen LogP contribution in [0.15, 0.2) is 24.5 Å². The molecular weight excluding hydrogens is 262 g/mol. The van der Waals surface area contributed by atoms with Crippen LogP contribution in [0, 0.1) is 13.8 Å². The predicted octanol–water partition coefficient (Wildman–Crippen LogP) is 2.60. The van der Waals surface area contributed by atoms with Gasteiger partial charge in [-0.05, 0) is 38.8 Å². The zero-order chi connectivity index (χ0) is 15.4. The Labute approximate surface area is 126 Å². The van der Waals surface area contributed by atoms with Crippen molar-refractivity contribution in [2.24, 2.45) is 0 Å². The van der Waals surface area contributed by atoms with Gasteiger partial charge in [0.15, 0.2) is 0 Å². The molecule has 1 unspecified atom stereocenters. The smallest absolute Gasteiger partial charge is 0.227 e. The van der Waals surface area contributed by atoms with Crippen LogP contribution < -0.4 is 10.2 Å². The number of nitrogens with zero attached hydrogens (tertiary/aromatic N) is 4. The Bertz CT molecular complexity index is 595. The molecule has 0 spiro atoms. The van der Waals surface area contributed by atoms with Crippen molar-refractivity contribution in [3.05, 3.63) is 41.3 Å². The van der Waals surface area contributed by atoms with E-state index in [1.54, 1.807) is 6.20 Å². The Morgan fingerprint density at radius 1 is 1.24 bits per heavy atom. The van der Waals surface area contributed by atoms with Gasteiger partial charge in [-0.15, -0.1) is 0 Å². The third-order valence-electron chi connectivity index (χ3n) is 3.43. The second kappa shape index (κ2) is 6.52. The van der Waals surface area contributed by atoms with Gasteiger partial charge in [0.05, 0.1) is 0 Å². The highest BCUT2D eigenvalue weighted by molar-refractivity contribution is 5.50. The zero-order valence-corrected chi connectivity index (χ0v) is 13.4. The fraction of sp³-hybridized carbons (Fsp3) is 0.438. The van der Waals surface area contributed by atoms with Crippen LogP contribution in [0.4, 0.5) is 11.8 Å². The molecule has 5 nitrogen and oxygen atoms in total. The number of hydrogen-bond donors (Lipinski definition) is 1. The highest BCUT2D eigenvalue weighted by Crippen LogP contribution is 2.19. The minimum atomic E-state index is 0.275. The van der Waals surface area contributed by atoms with Gasteiger partial charge in [-0.2, -0.15) is 4.98 Å². The number of aromatic nitrogens is 3. The molecule has 0 radical (unpaired) electrons. The van der Waals surface area contributed by atoms with Crippen molar-refractivity contribution in [2.75, 3.05) is 24.3 Å². The highest BCUT2D eigenvalue weighted by atomic mass is 15.2. The molecule has 0 aliphatic rings. The first-order valence-electron chi connectivity index (χ1n) is 7.15. The Morgan fingerprint density at radius 3 is 2.62 bits per heavy atom. The van der Waals surface area contributed by atoms with Crippen LogP contribution in [0.25, 0.3) is 0 Å². The normalized spacial score (nSPS) is 12.0. The fourth-order valence-corrected chi connectivity index (χ4v) is 2.11. The van der Waals surface area contributed by atoms with Crippen molar-refractivity contribution in [2.45, 2.75) is 33.2 Å². The van der Waals surface area contributed by atoms with Crippen LogP contribution in [0.1, 0.15) is 23.7 Å². The van der Waals surface area contributed by atoms with Crippen LogP contribution >= 0.6 is 0 Å². The molecule has 2 rings (SSSR count). The van der Waals surface area contributed by atoms with E-state index in [2.05, 4.69) is 33.3 Å². The lowest BCUT2D eigenvalue weighted by atomic mass is 10.1. The van der Waals surface area contributed by atoms with Crippen molar-refractivity contribution >= 4 is 11.8 Å². The first-order chi connectivity index (χ1) is 9.97. The van der Waals surface area contributed by atoms with Crippen molar-refractivity contribution in [1.29, 1.82) is 0 Å². The van der Waals surface area contributed by atoms with Crippen LogP contribution in [0.2, 0.25) is 0 Å². The van der Waals surface area contributed by atoms with Crippen LogP contribution in [0.3, 0.4) is 0 Å². The monoisotopic (exact) mass is 285 g/mol. The Hall–Kier alpha value is -2.17. The SMILES string of the molecule is Cc1nc(N(C)C)nc(NC(C)Cc2cccnc2)c1C. The van der Waals surface area contributed by atoms with E-state index < -0.39 is 0 Å². The van der Waals surface area contributed by atoms with Crippen molar-refractivity contribution in [3.63, 3.8) is 0 Å². The number of pyridine rings is 1. The number of hydrogen-bond acceptors (Lipinski definition) is 5. The van der Waals surface area contributed by atoms with Crippen molar-refractivity contribution < 1.29 is 0 Å². The van der Waals surface area contributed by atoms with Gasteiger partial charge in [-0.1, -0.05) is 6.07 Å². The third-order valence-corrected chi connectivity index (χ3v) is 3.43. The maximum absolute atomic E-state index is 4.60. The maximum Gasteiger partial charge on any atom is 0.227 e. The maximum atomic E-state index is 4.60. The van der Waals surface area contributed by atoms with Crippen LogP contribution in [-0.2, 0) is 6.42 Å². The largest absolute Gasteiger partial charge is 0.367 e. The van der Waals surface area contributed by atoms with Gasteiger partial charge in [0, 0.05) is 43.8 Å². The van der Waals surface area contributed by atoms with Gasteiger partial charge in [-0.3, -0.25) is 4.98 Å². The van der Waals surface area contributed by atoms with E-state index in [0.29, 0.717) is 0 Å². The molecule has 1 atom stereocenters. The molecule has 2 heterocycles. The van der Waals surface area contributed by atoms with Gasteiger partial charge in [0.2, 0.25) is 5.95 Å². The molecule has 0 aliphatic heterocycles. The van der Waals surface area contributed by atoms with Gasteiger partial charge < -0.3 is 10.2 Å². The summed E-state index contributed by atoms with van der Waals surface area (Å²) in [6.07, 6.45) is 4.61. The average molecular weight is 285 g/mol. The first-order valence-corrected chi connectivity index (χ1v) is 7.15. The standard InChI is InChI=1S/C16H23N5/c1-11(9-14-7-6-8-17-10-14)18-15-12(2)13(3)19-16(20-15)21(4)5/h6-8,10-11H,9H2,1-5H3,(H,18,19,20). The van der Waals surface area contributed by atoms with E-state index in [-0.39, 0.29) is 6.04 Å². The molecule has 0 saturated heterocycles. The van der Waals surface area contributed by atoms with E-state index in [1.807, 2.05) is 45.1 Å². The Kier molecular flexibility index (Phi) is 4.73. The molecule has 21 heavy (non-hydrogen) atoms. The Morgan fingerprint density at radius 2 is 2.00 bits per heavy atom. The minimum Gasteiger partial charge on any atom is -0.367 e.